The zero-order valence-electron chi connectivity index (χ0n) is 17.5. The van der Waals surface area contributed by atoms with Crippen molar-refractivity contribution in [3.63, 3.8) is 0 Å². The second kappa shape index (κ2) is 11.7. The van der Waals surface area contributed by atoms with Gasteiger partial charge in [-0.3, -0.25) is 9.36 Å². The predicted octanol–water partition coefficient (Wildman–Crippen LogP) is 3.78. The van der Waals surface area contributed by atoms with Crippen molar-refractivity contribution in [1.82, 2.24) is 4.90 Å². The number of rotatable bonds is 11. The third kappa shape index (κ3) is 6.87. The first-order valence-electron chi connectivity index (χ1n) is 10.1. The lowest BCUT2D eigenvalue weighted by Gasteiger charge is -2.25. The number of azide groups is 1. The molecule has 1 aliphatic heterocycles. The largest absolute Gasteiger partial charge is 0.467 e. The summed E-state index contributed by atoms with van der Waals surface area (Å²) in [4.78, 5) is 29.0. The zero-order chi connectivity index (χ0) is 22.0. The van der Waals surface area contributed by atoms with Gasteiger partial charge in [0, 0.05) is 17.6 Å². The molecule has 10 heteroatoms. The van der Waals surface area contributed by atoms with E-state index >= 15 is 0 Å². The van der Waals surface area contributed by atoms with Crippen molar-refractivity contribution in [1.29, 1.82) is 0 Å². The second-order valence-electron chi connectivity index (χ2n) is 7.24. The molecule has 30 heavy (non-hydrogen) atoms. The SMILES string of the molecule is CCOP(=O)(CCCCc1ccccc1)CC(=O)N1CC(N=[N+]=[N-])C[C@H]1C(=O)OC. The Morgan fingerprint density at radius 1 is 1.30 bits per heavy atom. The molecular weight excluding hydrogens is 407 g/mol. The lowest BCUT2D eigenvalue weighted by molar-refractivity contribution is -0.150. The summed E-state index contributed by atoms with van der Waals surface area (Å²) in [5.41, 5.74) is 9.88. The first kappa shape index (κ1) is 23.9. The van der Waals surface area contributed by atoms with Crippen molar-refractivity contribution in [2.45, 2.75) is 44.7 Å². The lowest BCUT2D eigenvalue weighted by Crippen LogP contribution is -2.42. The van der Waals surface area contributed by atoms with Crippen molar-refractivity contribution in [2.24, 2.45) is 5.11 Å². The van der Waals surface area contributed by atoms with Crippen LogP contribution in [0.1, 0.15) is 31.7 Å². The number of amides is 1. The van der Waals surface area contributed by atoms with Crippen molar-refractivity contribution in [3.8, 4) is 0 Å². The van der Waals surface area contributed by atoms with Gasteiger partial charge in [0.2, 0.25) is 13.3 Å². The quantitative estimate of drug-likeness (QED) is 0.130. The zero-order valence-corrected chi connectivity index (χ0v) is 18.4. The summed E-state index contributed by atoms with van der Waals surface area (Å²) < 4.78 is 23.6. The highest BCUT2D eigenvalue weighted by molar-refractivity contribution is 7.59. The van der Waals surface area contributed by atoms with Crippen LogP contribution >= 0.6 is 7.37 Å². The number of ether oxygens (including phenoxy) is 1. The number of carbonyl (C=O) groups excluding carboxylic acids is 2. The smallest absolute Gasteiger partial charge is 0.328 e. The molecule has 1 aromatic rings. The molecular formula is C20H29N4O5P. The molecule has 1 amide bonds. The molecule has 1 saturated heterocycles. The topological polar surface area (TPSA) is 122 Å². The minimum Gasteiger partial charge on any atom is -0.467 e. The van der Waals surface area contributed by atoms with E-state index < -0.39 is 31.3 Å². The van der Waals surface area contributed by atoms with Crippen molar-refractivity contribution >= 4 is 19.2 Å². The fourth-order valence-corrected chi connectivity index (χ4v) is 5.80. The molecule has 0 bridgehead atoms. The van der Waals surface area contributed by atoms with Crippen LogP contribution in [-0.4, -0.2) is 61.4 Å². The van der Waals surface area contributed by atoms with Crippen molar-refractivity contribution in [3.05, 3.63) is 46.3 Å². The van der Waals surface area contributed by atoms with Gasteiger partial charge in [-0.1, -0.05) is 35.4 Å². The number of carbonyl (C=O) groups is 2. The summed E-state index contributed by atoms with van der Waals surface area (Å²) in [6.45, 7) is 2.08. The Hall–Kier alpha value is -2.34. The third-order valence-electron chi connectivity index (χ3n) is 5.09. The molecule has 0 aliphatic carbocycles. The Kier molecular flexibility index (Phi) is 9.37. The highest BCUT2D eigenvalue weighted by Crippen LogP contribution is 2.48. The number of aryl methyl sites for hydroxylation is 1. The van der Waals surface area contributed by atoms with Crippen LogP contribution in [0.3, 0.4) is 0 Å². The van der Waals surface area contributed by atoms with E-state index in [1.165, 1.54) is 17.6 Å². The predicted molar refractivity (Wildman–Crippen MR) is 113 cm³/mol. The Morgan fingerprint density at radius 2 is 2.03 bits per heavy atom. The standard InChI is InChI=1S/C20H29N4O5P/c1-3-29-30(27,12-8-7-11-16-9-5-4-6-10-16)15-19(25)24-14-17(22-23-21)13-18(24)20(26)28-2/h4-6,9-10,17-18H,3,7-8,11-15H2,1-2H3/t17?,18-,30?/m0/s1. The molecule has 0 N–H and O–H groups in total. The van der Waals surface area contributed by atoms with Gasteiger partial charge >= 0.3 is 5.97 Å². The number of esters is 1. The van der Waals surface area contributed by atoms with Crippen molar-refractivity contribution in [2.75, 3.05) is 32.6 Å². The van der Waals surface area contributed by atoms with E-state index in [4.69, 9.17) is 14.8 Å². The highest BCUT2D eigenvalue weighted by atomic mass is 31.2. The van der Waals surface area contributed by atoms with Crippen molar-refractivity contribution < 1.29 is 23.4 Å². The number of methoxy groups -OCH3 is 1. The maximum absolute atomic E-state index is 13.3. The van der Waals surface area contributed by atoms with Gasteiger partial charge in [-0.05, 0) is 43.7 Å². The number of nitrogens with zero attached hydrogens (tertiary/aromatic N) is 4. The summed E-state index contributed by atoms with van der Waals surface area (Å²) >= 11 is 0. The Morgan fingerprint density at radius 3 is 2.67 bits per heavy atom. The van der Waals surface area contributed by atoms with Gasteiger partial charge in [-0.2, -0.15) is 0 Å². The first-order chi connectivity index (χ1) is 14.4. The van der Waals surface area contributed by atoms with Crippen LogP contribution in [0.2, 0.25) is 0 Å². The lowest BCUT2D eigenvalue weighted by atomic mass is 10.1. The van der Waals surface area contributed by atoms with E-state index in [-0.39, 0.29) is 25.7 Å². The molecule has 0 radical (unpaired) electrons. The van der Waals surface area contributed by atoms with Gasteiger partial charge in [0.05, 0.1) is 19.8 Å². The minimum absolute atomic E-state index is 0.1000. The van der Waals surface area contributed by atoms with Crippen LogP contribution < -0.4 is 0 Å². The third-order valence-corrected chi connectivity index (χ3v) is 7.56. The molecule has 1 aliphatic rings. The van der Waals surface area contributed by atoms with Crippen LogP contribution in [0.4, 0.5) is 0 Å². The first-order valence-corrected chi connectivity index (χ1v) is 12.1. The number of hydrogen-bond donors (Lipinski definition) is 0. The number of hydrogen-bond acceptors (Lipinski definition) is 6. The van der Waals surface area contributed by atoms with E-state index in [1.54, 1.807) is 6.92 Å². The average Bonchev–Trinajstić information content (AvgIpc) is 3.16. The van der Waals surface area contributed by atoms with Crippen LogP contribution in [0, 0.1) is 0 Å². The number of benzene rings is 1. The summed E-state index contributed by atoms with van der Waals surface area (Å²) in [7, 11) is -1.96. The fraction of sp³-hybridized carbons (Fsp3) is 0.600. The number of likely N-dealkylation sites (tertiary alicyclic amines) is 1. The highest BCUT2D eigenvalue weighted by Gasteiger charge is 2.41. The van der Waals surface area contributed by atoms with E-state index in [0.29, 0.717) is 12.6 Å². The number of unbranched alkanes of at least 4 members (excludes halogenated alkanes) is 1. The normalized spacial score (nSPS) is 20.3. The van der Waals surface area contributed by atoms with Gasteiger partial charge in [-0.25, -0.2) is 4.79 Å². The monoisotopic (exact) mass is 436 g/mol. The Balaban J connectivity index is 1.98. The van der Waals surface area contributed by atoms with Gasteiger partial charge < -0.3 is 14.2 Å². The van der Waals surface area contributed by atoms with Gasteiger partial charge in [-0.15, -0.1) is 0 Å². The van der Waals surface area contributed by atoms with Gasteiger partial charge in [0.1, 0.15) is 12.2 Å². The fourth-order valence-electron chi connectivity index (χ4n) is 3.65. The molecule has 2 rings (SSSR count). The molecule has 1 fully saturated rings. The Bertz CT molecular complexity index is 813. The molecule has 3 atom stereocenters. The molecule has 9 nitrogen and oxygen atoms in total. The average molecular weight is 436 g/mol. The maximum Gasteiger partial charge on any atom is 0.328 e. The second-order valence-corrected chi connectivity index (χ2v) is 9.89. The van der Waals surface area contributed by atoms with Crippen LogP contribution in [-0.2, 0) is 29.8 Å². The minimum atomic E-state index is -3.20. The van der Waals surface area contributed by atoms with Crippen LogP contribution in [0.5, 0.6) is 0 Å². The van der Waals surface area contributed by atoms with Gasteiger partial charge in [0.25, 0.3) is 0 Å². The molecule has 164 valence electrons. The molecule has 1 heterocycles. The van der Waals surface area contributed by atoms with E-state index in [0.717, 1.165) is 12.8 Å². The molecule has 0 saturated carbocycles. The van der Waals surface area contributed by atoms with Crippen LogP contribution in [0.15, 0.2) is 35.4 Å². The van der Waals surface area contributed by atoms with E-state index in [2.05, 4.69) is 10.0 Å². The molecule has 1 aromatic carbocycles. The maximum atomic E-state index is 13.3. The summed E-state index contributed by atoms with van der Waals surface area (Å²) in [6, 6.07) is 8.67. The molecule has 0 aromatic heterocycles. The Labute approximate surface area is 176 Å². The summed E-state index contributed by atoms with van der Waals surface area (Å²) in [6.07, 6.45) is 2.59. The van der Waals surface area contributed by atoms with E-state index in [1.807, 2.05) is 30.3 Å². The summed E-state index contributed by atoms with van der Waals surface area (Å²) in [5, 5.41) is 3.62. The van der Waals surface area contributed by atoms with Crippen LogP contribution in [0.25, 0.3) is 10.4 Å². The van der Waals surface area contributed by atoms with E-state index in [9.17, 15) is 14.2 Å². The molecule has 0 spiro atoms. The van der Waals surface area contributed by atoms with Gasteiger partial charge in [0.15, 0.2) is 0 Å². The summed E-state index contributed by atoms with van der Waals surface area (Å²) in [5.74, 6) is -1.02. The molecule has 2 unspecified atom stereocenters.